The first-order chi connectivity index (χ1) is 14.6. The van der Waals surface area contributed by atoms with E-state index in [-0.39, 0.29) is 17.2 Å². The van der Waals surface area contributed by atoms with Crippen LogP contribution in [-0.2, 0) is 11.3 Å². The Bertz CT molecular complexity index is 904. The van der Waals surface area contributed by atoms with Crippen LogP contribution in [0.25, 0.3) is 0 Å². The molecule has 0 unspecified atom stereocenters. The molecule has 8 heteroatoms. The van der Waals surface area contributed by atoms with Crippen LogP contribution in [0.15, 0.2) is 42.5 Å². The van der Waals surface area contributed by atoms with E-state index in [0.717, 1.165) is 58.8 Å². The zero-order chi connectivity index (χ0) is 20.9. The molecule has 158 valence electrons. The number of amides is 1. The molecule has 2 heterocycles. The fourth-order valence-electron chi connectivity index (χ4n) is 4.07. The van der Waals surface area contributed by atoms with Gasteiger partial charge in [0, 0.05) is 36.0 Å². The standard InChI is InChI=1S/C22H26N4O4/c27-22(18-5-8-20(21(15-18)26(28)29)25-9-1-2-10-25)23-19-6-3-17(4-7-19)16-24-11-13-30-14-12-24/h3-8,15H,1-2,9-14,16H2,(H,23,27)/p+1. The first-order valence-electron chi connectivity index (χ1n) is 10.4. The van der Waals surface area contributed by atoms with Crippen LogP contribution in [0.2, 0.25) is 0 Å². The number of nitrogens with one attached hydrogen (secondary N) is 2. The van der Waals surface area contributed by atoms with Crippen molar-refractivity contribution in [3.8, 4) is 0 Å². The largest absolute Gasteiger partial charge is 0.370 e. The number of rotatable bonds is 6. The van der Waals surface area contributed by atoms with Gasteiger partial charge in [-0.2, -0.15) is 0 Å². The summed E-state index contributed by atoms with van der Waals surface area (Å²) >= 11 is 0. The molecular formula is C22H27N4O4+. The topological polar surface area (TPSA) is 89.2 Å². The maximum absolute atomic E-state index is 12.7. The van der Waals surface area contributed by atoms with Gasteiger partial charge in [-0.15, -0.1) is 0 Å². The lowest BCUT2D eigenvalue weighted by Gasteiger charge is -2.23. The van der Waals surface area contributed by atoms with Crippen molar-refractivity contribution in [2.24, 2.45) is 0 Å². The van der Waals surface area contributed by atoms with E-state index in [9.17, 15) is 14.9 Å². The Hall–Kier alpha value is -2.97. The minimum Gasteiger partial charge on any atom is -0.370 e. The first kappa shape index (κ1) is 20.3. The van der Waals surface area contributed by atoms with Crippen molar-refractivity contribution in [3.05, 3.63) is 63.7 Å². The van der Waals surface area contributed by atoms with Crippen molar-refractivity contribution < 1.29 is 19.4 Å². The highest BCUT2D eigenvalue weighted by atomic mass is 16.6. The zero-order valence-electron chi connectivity index (χ0n) is 16.9. The lowest BCUT2D eigenvalue weighted by molar-refractivity contribution is -0.921. The molecule has 2 N–H and O–H groups in total. The zero-order valence-corrected chi connectivity index (χ0v) is 16.9. The number of nitrogens with zero attached hydrogens (tertiary/aromatic N) is 2. The van der Waals surface area contributed by atoms with Crippen LogP contribution >= 0.6 is 0 Å². The number of quaternary nitrogens is 1. The van der Waals surface area contributed by atoms with Crippen LogP contribution in [0.4, 0.5) is 17.1 Å². The molecule has 2 fully saturated rings. The summed E-state index contributed by atoms with van der Waals surface area (Å²) < 4.78 is 5.39. The summed E-state index contributed by atoms with van der Waals surface area (Å²) in [5.41, 5.74) is 2.73. The molecule has 0 saturated carbocycles. The second kappa shape index (κ2) is 9.23. The highest BCUT2D eigenvalue weighted by Crippen LogP contribution is 2.31. The summed E-state index contributed by atoms with van der Waals surface area (Å²) in [4.78, 5) is 27.3. The summed E-state index contributed by atoms with van der Waals surface area (Å²) in [5, 5.41) is 14.4. The van der Waals surface area contributed by atoms with E-state index < -0.39 is 4.92 Å². The Labute approximate surface area is 175 Å². The van der Waals surface area contributed by atoms with Crippen molar-refractivity contribution in [2.75, 3.05) is 49.6 Å². The number of carbonyl (C=O) groups is 1. The molecule has 2 aliphatic rings. The third kappa shape index (κ3) is 4.77. The van der Waals surface area contributed by atoms with Gasteiger partial charge in [-0.25, -0.2) is 0 Å². The Morgan fingerprint density at radius 3 is 2.47 bits per heavy atom. The van der Waals surface area contributed by atoms with Gasteiger partial charge in [-0.3, -0.25) is 14.9 Å². The predicted octanol–water partition coefficient (Wildman–Crippen LogP) is 1.86. The molecule has 1 amide bonds. The van der Waals surface area contributed by atoms with Crippen molar-refractivity contribution in [1.29, 1.82) is 0 Å². The molecule has 0 bridgehead atoms. The molecular weight excluding hydrogens is 384 g/mol. The number of hydrogen-bond acceptors (Lipinski definition) is 5. The smallest absolute Gasteiger partial charge is 0.293 e. The average molecular weight is 411 g/mol. The Morgan fingerprint density at radius 1 is 1.10 bits per heavy atom. The minimum atomic E-state index is -0.410. The monoisotopic (exact) mass is 411 g/mol. The molecule has 2 saturated heterocycles. The summed E-state index contributed by atoms with van der Waals surface area (Å²) in [6.45, 7) is 6.16. The lowest BCUT2D eigenvalue weighted by Crippen LogP contribution is -3.12. The van der Waals surface area contributed by atoms with Gasteiger partial charge in [-0.1, -0.05) is 12.1 Å². The van der Waals surface area contributed by atoms with E-state index in [2.05, 4.69) is 5.32 Å². The number of nitro groups is 1. The van der Waals surface area contributed by atoms with E-state index in [4.69, 9.17) is 4.74 Å². The summed E-state index contributed by atoms with van der Waals surface area (Å²) in [6, 6.07) is 12.5. The number of morpholine rings is 1. The van der Waals surface area contributed by atoms with Crippen LogP contribution in [0.3, 0.4) is 0 Å². The molecule has 8 nitrogen and oxygen atoms in total. The predicted molar refractivity (Wildman–Crippen MR) is 114 cm³/mol. The second-order valence-corrected chi connectivity index (χ2v) is 7.84. The fraction of sp³-hybridized carbons (Fsp3) is 0.409. The summed E-state index contributed by atoms with van der Waals surface area (Å²) in [6.07, 6.45) is 2.06. The van der Waals surface area contributed by atoms with Crippen LogP contribution < -0.4 is 15.1 Å². The van der Waals surface area contributed by atoms with Crippen LogP contribution in [0.5, 0.6) is 0 Å². The molecule has 2 aromatic carbocycles. The van der Waals surface area contributed by atoms with Crippen LogP contribution in [0, 0.1) is 10.1 Å². The molecule has 0 aromatic heterocycles. The number of anilines is 2. The summed E-state index contributed by atoms with van der Waals surface area (Å²) in [7, 11) is 0. The first-order valence-corrected chi connectivity index (χ1v) is 10.4. The van der Waals surface area contributed by atoms with Gasteiger partial charge in [0.1, 0.15) is 25.3 Å². The Kier molecular flexibility index (Phi) is 6.25. The quantitative estimate of drug-likeness (QED) is 0.560. The van der Waals surface area contributed by atoms with Gasteiger partial charge < -0.3 is 19.9 Å². The molecule has 0 atom stereocenters. The number of nitro benzene ring substituents is 1. The molecule has 0 radical (unpaired) electrons. The van der Waals surface area contributed by atoms with E-state index >= 15 is 0 Å². The fourth-order valence-corrected chi connectivity index (χ4v) is 4.07. The van der Waals surface area contributed by atoms with Crippen molar-refractivity contribution in [1.82, 2.24) is 0 Å². The van der Waals surface area contributed by atoms with Crippen molar-refractivity contribution >= 4 is 23.0 Å². The molecule has 2 aromatic rings. The lowest BCUT2D eigenvalue weighted by atomic mass is 10.1. The van der Waals surface area contributed by atoms with Gasteiger partial charge in [0.25, 0.3) is 11.6 Å². The average Bonchev–Trinajstić information content (AvgIpc) is 3.30. The van der Waals surface area contributed by atoms with E-state index in [1.54, 1.807) is 12.1 Å². The number of hydrogen-bond donors (Lipinski definition) is 2. The number of carbonyl (C=O) groups excluding carboxylic acids is 1. The highest BCUT2D eigenvalue weighted by molar-refractivity contribution is 6.05. The van der Waals surface area contributed by atoms with Gasteiger partial charge in [-0.05, 0) is 37.1 Å². The molecule has 2 aliphatic heterocycles. The van der Waals surface area contributed by atoms with Crippen molar-refractivity contribution in [3.63, 3.8) is 0 Å². The van der Waals surface area contributed by atoms with E-state index in [1.807, 2.05) is 29.2 Å². The molecule has 0 aliphatic carbocycles. The minimum absolute atomic E-state index is 0.0200. The highest BCUT2D eigenvalue weighted by Gasteiger charge is 2.24. The third-order valence-electron chi connectivity index (χ3n) is 5.75. The normalized spacial score (nSPS) is 17.1. The number of benzene rings is 2. The van der Waals surface area contributed by atoms with E-state index in [1.165, 1.54) is 16.5 Å². The third-order valence-corrected chi connectivity index (χ3v) is 5.75. The van der Waals surface area contributed by atoms with Crippen molar-refractivity contribution in [2.45, 2.75) is 19.4 Å². The van der Waals surface area contributed by atoms with E-state index in [0.29, 0.717) is 11.4 Å². The van der Waals surface area contributed by atoms with Gasteiger partial charge in [0.15, 0.2) is 0 Å². The Morgan fingerprint density at radius 2 is 1.80 bits per heavy atom. The molecule has 0 spiro atoms. The van der Waals surface area contributed by atoms with Gasteiger partial charge in [0.2, 0.25) is 0 Å². The molecule has 4 rings (SSSR count). The number of ether oxygens (including phenoxy) is 1. The van der Waals surface area contributed by atoms with Crippen LogP contribution in [-0.4, -0.2) is 50.2 Å². The second-order valence-electron chi connectivity index (χ2n) is 7.84. The maximum Gasteiger partial charge on any atom is 0.293 e. The SMILES string of the molecule is O=C(Nc1ccc(C[NH+]2CCOCC2)cc1)c1ccc(N2CCCC2)c([N+](=O)[O-])c1. The van der Waals surface area contributed by atoms with Gasteiger partial charge >= 0.3 is 0 Å². The maximum atomic E-state index is 12.7. The molecule has 30 heavy (non-hydrogen) atoms. The van der Waals surface area contributed by atoms with Crippen LogP contribution in [0.1, 0.15) is 28.8 Å². The van der Waals surface area contributed by atoms with Gasteiger partial charge in [0.05, 0.1) is 18.1 Å². The Balaban J connectivity index is 1.42. The summed E-state index contributed by atoms with van der Waals surface area (Å²) in [5.74, 6) is -0.349.